The largest absolute Gasteiger partial charge is 0.350 e. The number of hydrogen-bond acceptors (Lipinski definition) is 4. The van der Waals surface area contributed by atoms with Gasteiger partial charge in [0.1, 0.15) is 0 Å². The molecule has 3 aromatic rings. The Bertz CT molecular complexity index is 1130. The number of aryl methyl sites for hydroxylation is 1. The molecular formula is C22H26N4O3S. The first-order valence-electron chi connectivity index (χ1n) is 10.3. The van der Waals surface area contributed by atoms with E-state index in [9.17, 15) is 13.2 Å². The summed E-state index contributed by atoms with van der Waals surface area (Å²) in [6.07, 6.45) is 4.69. The van der Waals surface area contributed by atoms with Gasteiger partial charge < -0.3 is 9.88 Å². The topological polar surface area (TPSA) is 84.3 Å². The zero-order chi connectivity index (χ0) is 21.1. The molecule has 1 amide bonds. The number of rotatable bonds is 6. The van der Waals surface area contributed by atoms with Crippen LogP contribution in [0.15, 0.2) is 59.8 Å². The summed E-state index contributed by atoms with van der Waals surface area (Å²) in [5.74, 6) is -0.221. The minimum atomic E-state index is -3.57. The highest BCUT2D eigenvalue weighted by molar-refractivity contribution is 7.89. The van der Waals surface area contributed by atoms with Crippen molar-refractivity contribution in [2.45, 2.75) is 37.8 Å². The van der Waals surface area contributed by atoms with Crippen molar-refractivity contribution in [3.63, 3.8) is 0 Å². The van der Waals surface area contributed by atoms with E-state index in [1.165, 1.54) is 4.31 Å². The smallest absolute Gasteiger partial charge is 0.243 e. The first kappa shape index (κ1) is 20.6. The third kappa shape index (κ3) is 4.11. The van der Waals surface area contributed by atoms with Crippen molar-refractivity contribution in [1.82, 2.24) is 19.2 Å². The molecule has 8 heteroatoms. The normalized spacial score (nSPS) is 16.0. The molecule has 1 aromatic carbocycles. The predicted octanol–water partition coefficient (Wildman–Crippen LogP) is 2.77. The second kappa shape index (κ2) is 8.57. The maximum absolute atomic E-state index is 13.1. The molecule has 30 heavy (non-hydrogen) atoms. The molecule has 1 aliphatic heterocycles. The Morgan fingerprint density at radius 2 is 1.97 bits per heavy atom. The lowest BCUT2D eigenvalue weighted by Gasteiger charge is -2.30. The SMILES string of the molecule is CCn1ccc2cc(S(=O)(=O)N3CCC(C(=O)NCc4ccccn4)CC3)ccc21. The van der Waals surface area contributed by atoms with Crippen LogP contribution >= 0.6 is 0 Å². The molecule has 0 bridgehead atoms. The fraction of sp³-hybridized carbons (Fsp3) is 0.364. The van der Waals surface area contributed by atoms with Crippen LogP contribution in [0.25, 0.3) is 10.9 Å². The number of sulfonamides is 1. The number of piperidine rings is 1. The summed E-state index contributed by atoms with van der Waals surface area (Å²) in [7, 11) is -3.57. The number of fused-ring (bicyclic) bond motifs is 1. The van der Waals surface area contributed by atoms with Gasteiger partial charge >= 0.3 is 0 Å². The minimum absolute atomic E-state index is 0.0416. The Kier molecular flexibility index (Phi) is 5.87. The lowest BCUT2D eigenvalue weighted by molar-refractivity contribution is -0.126. The molecule has 0 radical (unpaired) electrons. The molecule has 0 atom stereocenters. The molecule has 0 saturated carbocycles. The van der Waals surface area contributed by atoms with Crippen LogP contribution < -0.4 is 5.32 Å². The second-order valence-corrected chi connectivity index (χ2v) is 9.48. The molecule has 7 nitrogen and oxygen atoms in total. The number of pyridine rings is 1. The van der Waals surface area contributed by atoms with Crippen LogP contribution in [-0.4, -0.2) is 41.3 Å². The molecule has 1 N–H and O–H groups in total. The van der Waals surface area contributed by atoms with E-state index in [4.69, 9.17) is 0 Å². The Hall–Kier alpha value is -2.71. The zero-order valence-corrected chi connectivity index (χ0v) is 17.8. The molecular weight excluding hydrogens is 400 g/mol. The summed E-state index contributed by atoms with van der Waals surface area (Å²) in [6, 6.07) is 12.8. The van der Waals surface area contributed by atoms with Gasteiger partial charge in [0.05, 0.1) is 17.1 Å². The monoisotopic (exact) mass is 426 g/mol. The molecule has 0 aliphatic carbocycles. The van der Waals surface area contributed by atoms with Crippen molar-refractivity contribution in [1.29, 1.82) is 0 Å². The van der Waals surface area contributed by atoms with Crippen molar-refractivity contribution < 1.29 is 13.2 Å². The van der Waals surface area contributed by atoms with Crippen molar-refractivity contribution in [3.05, 3.63) is 60.6 Å². The lowest BCUT2D eigenvalue weighted by atomic mass is 9.97. The van der Waals surface area contributed by atoms with Gasteiger partial charge in [-0.3, -0.25) is 9.78 Å². The van der Waals surface area contributed by atoms with Crippen LogP contribution in [0.3, 0.4) is 0 Å². The van der Waals surface area contributed by atoms with Crippen LogP contribution in [0.2, 0.25) is 0 Å². The van der Waals surface area contributed by atoms with Gasteiger partial charge in [0.15, 0.2) is 0 Å². The van der Waals surface area contributed by atoms with Gasteiger partial charge in [0, 0.05) is 48.8 Å². The number of benzene rings is 1. The highest BCUT2D eigenvalue weighted by Gasteiger charge is 2.32. The van der Waals surface area contributed by atoms with Crippen molar-refractivity contribution in [3.8, 4) is 0 Å². The fourth-order valence-electron chi connectivity index (χ4n) is 3.95. The van der Waals surface area contributed by atoms with Gasteiger partial charge in [-0.1, -0.05) is 6.07 Å². The number of aromatic nitrogens is 2. The van der Waals surface area contributed by atoms with Crippen molar-refractivity contribution >= 4 is 26.8 Å². The summed E-state index contributed by atoms with van der Waals surface area (Å²) in [6.45, 7) is 3.97. The summed E-state index contributed by atoms with van der Waals surface area (Å²) in [5, 5.41) is 3.83. The average molecular weight is 427 g/mol. The molecule has 0 unspecified atom stereocenters. The lowest BCUT2D eigenvalue weighted by Crippen LogP contribution is -2.42. The number of carbonyl (C=O) groups excluding carboxylic acids is 1. The van der Waals surface area contributed by atoms with Crippen LogP contribution in [0.1, 0.15) is 25.5 Å². The van der Waals surface area contributed by atoms with E-state index in [0.717, 1.165) is 23.1 Å². The molecule has 1 aliphatic rings. The Morgan fingerprint density at radius 3 is 2.67 bits per heavy atom. The highest BCUT2D eigenvalue weighted by atomic mass is 32.2. The highest BCUT2D eigenvalue weighted by Crippen LogP contribution is 2.27. The number of nitrogens with one attached hydrogen (secondary N) is 1. The number of carbonyl (C=O) groups is 1. The Labute approximate surface area is 176 Å². The molecule has 0 spiro atoms. The van der Waals surface area contributed by atoms with Gasteiger partial charge in [-0.05, 0) is 56.2 Å². The maximum Gasteiger partial charge on any atom is 0.243 e. The molecule has 2 aromatic heterocycles. The van der Waals surface area contributed by atoms with E-state index in [1.807, 2.05) is 36.5 Å². The number of hydrogen-bond donors (Lipinski definition) is 1. The van der Waals surface area contributed by atoms with Crippen LogP contribution in [0, 0.1) is 5.92 Å². The maximum atomic E-state index is 13.1. The molecule has 158 valence electrons. The van der Waals surface area contributed by atoms with E-state index >= 15 is 0 Å². The van der Waals surface area contributed by atoms with Gasteiger partial charge in [0.2, 0.25) is 15.9 Å². The summed E-state index contributed by atoms with van der Waals surface area (Å²) in [4.78, 5) is 17.0. The van der Waals surface area contributed by atoms with Gasteiger partial charge in [0.25, 0.3) is 0 Å². The van der Waals surface area contributed by atoms with Crippen LogP contribution in [0.4, 0.5) is 0 Å². The van der Waals surface area contributed by atoms with Crippen LogP contribution in [-0.2, 0) is 27.9 Å². The van der Waals surface area contributed by atoms with E-state index in [-0.39, 0.29) is 11.8 Å². The standard InChI is InChI=1S/C22H26N4O3S/c1-2-25-12-8-18-15-20(6-7-21(18)25)30(28,29)26-13-9-17(10-14-26)22(27)24-16-19-5-3-4-11-23-19/h3-8,11-12,15,17H,2,9-10,13-14,16H2,1H3,(H,24,27). The van der Waals surface area contributed by atoms with Gasteiger partial charge in [-0.25, -0.2) is 8.42 Å². The van der Waals surface area contributed by atoms with Gasteiger partial charge in [-0.15, -0.1) is 0 Å². The van der Waals surface area contributed by atoms with Crippen molar-refractivity contribution in [2.75, 3.05) is 13.1 Å². The third-order valence-electron chi connectivity index (χ3n) is 5.72. The predicted molar refractivity (Wildman–Crippen MR) is 115 cm³/mol. The molecule has 1 fully saturated rings. The number of nitrogens with zero attached hydrogens (tertiary/aromatic N) is 3. The summed E-state index contributed by atoms with van der Waals surface area (Å²) in [5.41, 5.74) is 1.83. The molecule has 4 rings (SSSR count). The second-order valence-electron chi connectivity index (χ2n) is 7.54. The number of amides is 1. The van der Waals surface area contributed by atoms with E-state index in [2.05, 4.69) is 21.8 Å². The first-order valence-corrected chi connectivity index (χ1v) is 11.7. The van der Waals surface area contributed by atoms with Crippen molar-refractivity contribution in [2.24, 2.45) is 5.92 Å². The molecule has 1 saturated heterocycles. The summed E-state index contributed by atoms with van der Waals surface area (Å²) >= 11 is 0. The third-order valence-corrected chi connectivity index (χ3v) is 7.61. The van der Waals surface area contributed by atoms with E-state index in [0.29, 0.717) is 37.4 Å². The zero-order valence-electron chi connectivity index (χ0n) is 17.0. The minimum Gasteiger partial charge on any atom is -0.350 e. The average Bonchev–Trinajstić information content (AvgIpc) is 3.20. The quantitative estimate of drug-likeness (QED) is 0.657. The Morgan fingerprint density at radius 1 is 1.17 bits per heavy atom. The van der Waals surface area contributed by atoms with Crippen LogP contribution in [0.5, 0.6) is 0 Å². The van der Waals surface area contributed by atoms with E-state index in [1.54, 1.807) is 18.3 Å². The van der Waals surface area contributed by atoms with E-state index < -0.39 is 10.0 Å². The van der Waals surface area contributed by atoms with Gasteiger partial charge in [-0.2, -0.15) is 4.31 Å². The molecule has 3 heterocycles. The first-order chi connectivity index (χ1) is 14.5. The summed E-state index contributed by atoms with van der Waals surface area (Å²) < 4.78 is 29.8. The fourth-order valence-corrected chi connectivity index (χ4v) is 5.45. The Balaban J connectivity index is 1.38.